The number of nitrogens with one attached hydrogen (secondary N) is 2. The number of rotatable bonds is 3. The number of benzene rings is 1. The average molecular weight is 285 g/mol. The monoisotopic (exact) mass is 285 g/mol. The van der Waals surface area contributed by atoms with Crippen LogP contribution in [0, 0.1) is 0 Å². The number of carbonyl (C=O) groups is 1. The molecule has 6 heteroatoms. The summed E-state index contributed by atoms with van der Waals surface area (Å²) >= 11 is 0. The van der Waals surface area contributed by atoms with E-state index in [-0.39, 0.29) is 11.4 Å². The highest BCUT2D eigenvalue weighted by atomic mass is 16.2. The molecule has 3 rings (SSSR count). The van der Waals surface area contributed by atoms with E-state index in [1.165, 1.54) is 11.0 Å². The summed E-state index contributed by atoms with van der Waals surface area (Å²) in [6.45, 7) is 3.92. The number of nitrogens with zero attached hydrogens (tertiary/aromatic N) is 3. The molecule has 0 spiro atoms. The van der Waals surface area contributed by atoms with Gasteiger partial charge in [0.25, 0.3) is 5.91 Å². The SMILES string of the molecule is CC1(NC(=O)c2cnn(-c3ccccc3)n2)CCNCC1. The van der Waals surface area contributed by atoms with E-state index in [0.29, 0.717) is 5.69 Å². The van der Waals surface area contributed by atoms with Gasteiger partial charge in [0.05, 0.1) is 11.9 Å². The quantitative estimate of drug-likeness (QED) is 0.887. The molecule has 2 N–H and O–H groups in total. The Balaban J connectivity index is 1.72. The summed E-state index contributed by atoms with van der Waals surface area (Å²) in [6, 6.07) is 9.55. The highest BCUT2D eigenvalue weighted by Crippen LogP contribution is 2.17. The van der Waals surface area contributed by atoms with Crippen LogP contribution in [-0.2, 0) is 0 Å². The van der Waals surface area contributed by atoms with Crippen molar-refractivity contribution in [2.45, 2.75) is 25.3 Å². The van der Waals surface area contributed by atoms with Crippen LogP contribution >= 0.6 is 0 Å². The second kappa shape index (κ2) is 5.65. The molecule has 6 nitrogen and oxygen atoms in total. The van der Waals surface area contributed by atoms with Gasteiger partial charge in [-0.25, -0.2) is 0 Å². The molecule has 1 saturated heterocycles. The first-order valence-electron chi connectivity index (χ1n) is 7.17. The zero-order chi connectivity index (χ0) is 14.7. The van der Waals surface area contributed by atoms with Gasteiger partial charge in [-0.05, 0) is 45.0 Å². The Morgan fingerprint density at radius 3 is 2.71 bits per heavy atom. The lowest BCUT2D eigenvalue weighted by Crippen LogP contribution is -2.52. The van der Waals surface area contributed by atoms with E-state index in [4.69, 9.17) is 0 Å². The standard InChI is InChI=1S/C15H19N5O/c1-15(7-9-16-10-8-15)18-14(21)13-11-17-20(19-13)12-5-3-2-4-6-12/h2-6,11,16H,7-10H2,1H3,(H,18,21). The lowest BCUT2D eigenvalue weighted by Gasteiger charge is -2.34. The minimum atomic E-state index is -0.168. The van der Waals surface area contributed by atoms with Crippen molar-refractivity contribution in [3.63, 3.8) is 0 Å². The molecular formula is C15H19N5O. The van der Waals surface area contributed by atoms with E-state index < -0.39 is 0 Å². The van der Waals surface area contributed by atoms with Crippen molar-refractivity contribution >= 4 is 5.91 Å². The first-order valence-corrected chi connectivity index (χ1v) is 7.17. The fraction of sp³-hybridized carbons (Fsp3) is 0.400. The second-order valence-electron chi connectivity index (χ2n) is 5.62. The summed E-state index contributed by atoms with van der Waals surface area (Å²) in [5.74, 6) is -0.165. The Morgan fingerprint density at radius 1 is 1.29 bits per heavy atom. The third-order valence-electron chi connectivity index (χ3n) is 3.83. The van der Waals surface area contributed by atoms with Crippen LogP contribution < -0.4 is 10.6 Å². The maximum absolute atomic E-state index is 12.3. The zero-order valence-electron chi connectivity index (χ0n) is 12.0. The summed E-state index contributed by atoms with van der Waals surface area (Å²) in [6.07, 6.45) is 3.35. The van der Waals surface area contributed by atoms with Gasteiger partial charge < -0.3 is 10.6 Å². The first-order chi connectivity index (χ1) is 10.2. The van der Waals surface area contributed by atoms with Crippen LogP contribution in [0.5, 0.6) is 0 Å². The van der Waals surface area contributed by atoms with Crippen LogP contribution in [-0.4, -0.2) is 39.5 Å². The predicted octanol–water partition coefficient (Wildman–Crippen LogP) is 1.14. The van der Waals surface area contributed by atoms with E-state index in [1.807, 2.05) is 30.3 Å². The second-order valence-corrected chi connectivity index (χ2v) is 5.62. The van der Waals surface area contributed by atoms with E-state index in [9.17, 15) is 4.79 Å². The van der Waals surface area contributed by atoms with Gasteiger partial charge in [-0.2, -0.15) is 9.90 Å². The van der Waals surface area contributed by atoms with Crippen molar-refractivity contribution in [1.82, 2.24) is 25.6 Å². The number of hydrogen-bond donors (Lipinski definition) is 2. The summed E-state index contributed by atoms with van der Waals surface area (Å²) in [5.41, 5.74) is 1.02. The van der Waals surface area contributed by atoms with Gasteiger partial charge >= 0.3 is 0 Å². The van der Waals surface area contributed by atoms with E-state index in [1.54, 1.807) is 0 Å². The van der Waals surface area contributed by atoms with Gasteiger partial charge in [-0.3, -0.25) is 4.79 Å². The largest absolute Gasteiger partial charge is 0.345 e. The van der Waals surface area contributed by atoms with Crippen LogP contribution in [0.3, 0.4) is 0 Å². The fourth-order valence-electron chi connectivity index (χ4n) is 2.49. The molecule has 0 saturated carbocycles. The lowest BCUT2D eigenvalue weighted by molar-refractivity contribution is 0.0882. The Kier molecular flexibility index (Phi) is 3.70. The molecule has 1 amide bonds. The predicted molar refractivity (Wildman–Crippen MR) is 79.3 cm³/mol. The molecule has 0 atom stereocenters. The third-order valence-corrected chi connectivity index (χ3v) is 3.83. The molecule has 1 aromatic carbocycles. The van der Waals surface area contributed by atoms with Crippen LogP contribution in [0.2, 0.25) is 0 Å². The van der Waals surface area contributed by atoms with Crippen LogP contribution in [0.1, 0.15) is 30.3 Å². The average Bonchev–Trinajstić information content (AvgIpc) is 2.98. The molecule has 0 bridgehead atoms. The van der Waals surface area contributed by atoms with Crippen molar-refractivity contribution < 1.29 is 4.79 Å². The molecule has 1 aliphatic heterocycles. The summed E-state index contributed by atoms with van der Waals surface area (Å²) in [4.78, 5) is 13.8. The number of carbonyl (C=O) groups excluding carboxylic acids is 1. The highest BCUT2D eigenvalue weighted by molar-refractivity contribution is 5.92. The van der Waals surface area contributed by atoms with Crippen molar-refractivity contribution in [3.8, 4) is 5.69 Å². The summed E-state index contributed by atoms with van der Waals surface area (Å²) in [7, 11) is 0. The molecule has 2 heterocycles. The molecule has 0 unspecified atom stereocenters. The Bertz CT molecular complexity index is 616. The van der Waals surface area contributed by atoms with Gasteiger partial charge in [0.15, 0.2) is 5.69 Å². The molecule has 1 aliphatic rings. The van der Waals surface area contributed by atoms with Crippen molar-refractivity contribution in [2.75, 3.05) is 13.1 Å². The van der Waals surface area contributed by atoms with Crippen molar-refractivity contribution in [1.29, 1.82) is 0 Å². The van der Waals surface area contributed by atoms with Crippen LogP contribution in [0.4, 0.5) is 0 Å². The number of piperidine rings is 1. The molecule has 0 aliphatic carbocycles. The van der Waals surface area contributed by atoms with Crippen LogP contribution in [0.15, 0.2) is 36.5 Å². The summed E-state index contributed by atoms with van der Waals surface area (Å²) in [5, 5.41) is 14.8. The molecule has 0 radical (unpaired) electrons. The minimum absolute atomic E-state index is 0.165. The number of para-hydroxylation sites is 1. The first kappa shape index (κ1) is 13.8. The molecular weight excluding hydrogens is 266 g/mol. The smallest absolute Gasteiger partial charge is 0.273 e. The van der Waals surface area contributed by atoms with E-state index in [2.05, 4.69) is 27.8 Å². The third kappa shape index (κ3) is 3.11. The van der Waals surface area contributed by atoms with E-state index >= 15 is 0 Å². The van der Waals surface area contributed by atoms with Crippen LogP contribution in [0.25, 0.3) is 5.69 Å². The van der Waals surface area contributed by atoms with Crippen molar-refractivity contribution in [3.05, 3.63) is 42.2 Å². The highest BCUT2D eigenvalue weighted by Gasteiger charge is 2.29. The summed E-state index contributed by atoms with van der Waals surface area (Å²) < 4.78 is 0. The Hall–Kier alpha value is -2.21. The van der Waals surface area contributed by atoms with E-state index in [0.717, 1.165) is 31.6 Å². The molecule has 2 aromatic rings. The molecule has 21 heavy (non-hydrogen) atoms. The molecule has 1 aromatic heterocycles. The number of aromatic nitrogens is 3. The maximum atomic E-state index is 12.3. The van der Waals surface area contributed by atoms with Gasteiger partial charge in [0.2, 0.25) is 0 Å². The topological polar surface area (TPSA) is 71.8 Å². The Morgan fingerprint density at radius 2 is 2.00 bits per heavy atom. The van der Waals surface area contributed by atoms with Gasteiger partial charge in [0, 0.05) is 5.54 Å². The normalized spacial score (nSPS) is 17.4. The maximum Gasteiger partial charge on any atom is 0.273 e. The lowest BCUT2D eigenvalue weighted by atomic mass is 9.90. The number of hydrogen-bond acceptors (Lipinski definition) is 4. The Labute approximate surface area is 123 Å². The number of amides is 1. The molecule has 110 valence electrons. The van der Waals surface area contributed by atoms with Gasteiger partial charge in [-0.15, -0.1) is 5.10 Å². The van der Waals surface area contributed by atoms with Gasteiger partial charge in [0.1, 0.15) is 0 Å². The fourth-order valence-corrected chi connectivity index (χ4v) is 2.49. The minimum Gasteiger partial charge on any atom is -0.345 e. The molecule has 1 fully saturated rings. The zero-order valence-corrected chi connectivity index (χ0v) is 12.0. The van der Waals surface area contributed by atoms with Crippen molar-refractivity contribution in [2.24, 2.45) is 0 Å². The van der Waals surface area contributed by atoms with Gasteiger partial charge in [-0.1, -0.05) is 18.2 Å².